The normalized spacial score (nSPS) is 11.1. The van der Waals surface area contributed by atoms with Crippen molar-refractivity contribution in [3.63, 3.8) is 0 Å². The number of hydrogen-bond acceptors (Lipinski definition) is 7. The van der Waals surface area contributed by atoms with E-state index in [9.17, 15) is 0 Å². The molecule has 0 unspecified atom stereocenters. The van der Waals surface area contributed by atoms with E-state index in [1.165, 1.54) is 0 Å². The average Bonchev–Trinajstić information content (AvgIpc) is 2.89. The number of aromatic nitrogens is 2. The third-order valence-corrected chi connectivity index (χ3v) is 2.66. The number of aryl methyl sites for hydroxylation is 1. The van der Waals surface area contributed by atoms with Crippen molar-refractivity contribution in [2.24, 2.45) is 0 Å². The molecular weight excluding hydrogens is 274 g/mol. The van der Waals surface area contributed by atoms with Crippen molar-refractivity contribution in [3.05, 3.63) is 11.7 Å². The second kappa shape index (κ2) is 12.7. The van der Waals surface area contributed by atoms with Crippen molar-refractivity contribution >= 4 is 0 Å². The molecule has 0 aliphatic carbocycles. The van der Waals surface area contributed by atoms with Crippen LogP contribution in [0, 0.1) is 6.92 Å². The van der Waals surface area contributed by atoms with Gasteiger partial charge in [-0.2, -0.15) is 4.98 Å². The van der Waals surface area contributed by atoms with Crippen LogP contribution in [0.1, 0.15) is 31.5 Å². The van der Waals surface area contributed by atoms with Crippen LogP contribution in [0.15, 0.2) is 4.52 Å². The molecule has 0 spiro atoms. The average molecular weight is 301 g/mol. The van der Waals surface area contributed by atoms with E-state index in [0.717, 1.165) is 26.0 Å². The van der Waals surface area contributed by atoms with Crippen molar-refractivity contribution < 1.29 is 18.7 Å². The van der Waals surface area contributed by atoms with Crippen molar-refractivity contribution in [1.82, 2.24) is 15.5 Å². The Morgan fingerprint density at radius 1 is 1.00 bits per heavy atom. The fourth-order valence-corrected chi connectivity index (χ4v) is 1.54. The molecule has 0 saturated carbocycles. The van der Waals surface area contributed by atoms with Crippen molar-refractivity contribution in [1.29, 1.82) is 0 Å². The van der Waals surface area contributed by atoms with Crippen molar-refractivity contribution in [2.45, 2.75) is 33.2 Å². The first-order valence-corrected chi connectivity index (χ1v) is 7.56. The number of nitrogens with one attached hydrogen (secondary N) is 1. The van der Waals surface area contributed by atoms with Gasteiger partial charge in [-0.25, -0.2) is 0 Å². The zero-order chi connectivity index (χ0) is 15.2. The molecule has 0 saturated heterocycles. The summed E-state index contributed by atoms with van der Waals surface area (Å²) in [5.74, 6) is 1.25. The fourth-order valence-electron chi connectivity index (χ4n) is 1.54. The molecule has 0 aliphatic heterocycles. The molecule has 0 bridgehead atoms. The van der Waals surface area contributed by atoms with E-state index < -0.39 is 0 Å². The van der Waals surface area contributed by atoms with Gasteiger partial charge in [0.2, 0.25) is 5.89 Å². The van der Waals surface area contributed by atoms with Gasteiger partial charge in [0.05, 0.1) is 39.6 Å². The van der Waals surface area contributed by atoms with Gasteiger partial charge in [-0.15, -0.1) is 0 Å². The summed E-state index contributed by atoms with van der Waals surface area (Å²) < 4.78 is 21.2. The van der Waals surface area contributed by atoms with Gasteiger partial charge < -0.3 is 24.1 Å². The predicted molar refractivity (Wildman–Crippen MR) is 78.1 cm³/mol. The van der Waals surface area contributed by atoms with E-state index in [1.54, 1.807) is 6.92 Å². The van der Waals surface area contributed by atoms with Crippen LogP contribution in [0.2, 0.25) is 0 Å². The van der Waals surface area contributed by atoms with E-state index in [4.69, 9.17) is 18.7 Å². The molecule has 0 radical (unpaired) electrons. The fraction of sp³-hybridized carbons (Fsp3) is 0.857. The van der Waals surface area contributed by atoms with Crippen LogP contribution in [-0.2, 0) is 20.8 Å². The number of rotatable bonds is 14. The highest BCUT2D eigenvalue weighted by Gasteiger charge is 2.00. The maximum atomic E-state index is 5.43. The van der Waals surface area contributed by atoms with Crippen molar-refractivity contribution in [2.75, 3.05) is 46.2 Å². The van der Waals surface area contributed by atoms with Crippen LogP contribution in [0.4, 0.5) is 0 Å². The van der Waals surface area contributed by atoms with E-state index >= 15 is 0 Å². The molecule has 7 heteroatoms. The summed E-state index contributed by atoms with van der Waals surface area (Å²) in [7, 11) is 0. The molecule has 1 aromatic rings. The maximum absolute atomic E-state index is 5.43. The predicted octanol–water partition coefficient (Wildman–Crippen LogP) is 1.32. The van der Waals surface area contributed by atoms with Gasteiger partial charge in [-0.05, 0) is 13.3 Å². The Morgan fingerprint density at radius 3 is 2.29 bits per heavy atom. The largest absolute Gasteiger partial charge is 0.379 e. The Hall–Kier alpha value is -1.02. The monoisotopic (exact) mass is 301 g/mol. The minimum Gasteiger partial charge on any atom is -0.379 e. The van der Waals surface area contributed by atoms with Gasteiger partial charge in [0.15, 0.2) is 5.82 Å². The van der Waals surface area contributed by atoms with Crippen LogP contribution in [-0.4, -0.2) is 56.3 Å². The lowest BCUT2D eigenvalue weighted by Crippen LogP contribution is -2.20. The smallest absolute Gasteiger partial charge is 0.240 e. The maximum Gasteiger partial charge on any atom is 0.240 e. The van der Waals surface area contributed by atoms with Gasteiger partial charge >= 0.3 is 0 Å². The first-order chi connectivity index (χ1) is 10.3. The highest BCUT2D eigenvalue weighted by Crippen LogP contribution is 1.94. The molecule has 21 heavy (non-hydrogen) atoms. The van der Waals surface area contributed by atoms with Crippen LogP contribution < -0.4 is 5.32 Å². The van der Waals surface area contributed by atoms with Gasteiger partial charge in [0.25, 0.3) is 0 Å². The third-order valence-electron chi connectivity index (χ3n) is 2.66. The van der Waals surface area contributed by atoms with E-state index in [0.29, 0.717) is 51.3 Å². The molecule has 0 atom stereocenters. The summed E-state index contributed by atoms with van der Waals surface area (Å²) in [5, 5.41) is 6.88. The standard InChI is InChI=1S/C14H27N3O4/c1-3-4-6-18-8-10-20-11-9-19-7-5-15-12-14-16-13(2)17-21-14/h15H,3-12H2,1-2H3. The van der Waals surface area contributed by atoms with Crippen molar-refractivity contribution in [3.8, 4) is 0 Å². The number of unbranched alkanes of at least 4 members (excludes halogenated alkanes) is 1. The minimum atomic E-state index is 0.565. The van der Waals surface area contributed by atoms with Gasteiger partial charge in [0, 0.05) is 13.2 Å². The Kier molecular flexibility index (Phi) is 10.9. The van der Waals surface area contributed by atoms with Crippen LogP contribution in [0.5, 0.6) is 0 Å². The molecule has 7 nitrogen and oxygen atoms in total. The number of nitrogens with zero attached hydrogens (tertiary/aromatic N) is 2. The molecule has 1 rings (SSSR count). The van der Waals surface area contributed by atoms with E-state index in [2.05, 4.69) is 22.4 Å². The molecule has 0 amide bonds. The summed E-state index contributed by atoms with van der Waals surface area (Å²) in [5.41, 5.74) is 0. The highest BCUT2D eigenvalue weighted by atomic mass is 16.5. The van der Waals surface area contributed by atoms with Crippen LogP contribution in [0.25, 0.3) is 0 Å². The third kappa shape index (κ3) is 10.4. The first kappa shape index (κ1) is 18.0. The van der Waals surface area contributed by atoms with Gasteiger partial charge in [0.1, 0.15) is 0 Å². The summed E-state index contributed by atoms with van der Waals surface area (Å²) in [6.07, 6.45) is 2.27. The lowest BCUT2D eigenvalue weighted by molar-refractivity contribution is 0.0146. The lowest BCUT2D eigenvalue weighted by Gasteiger charge is -2.06. The zero-order valence-corrected chi connectivity index (χ0v) is 13.1. The Labute approximate surface area is 126 Å². The lowest BCUT2D eigenvalue weighted by atomic mass is 10.4. The Morgan fingerprint density at radius 2 is 1.67 bits per heavy atom. The molecule has 1 heterocycles. The van der Waals surface area contributed by atoms with Crippen LogP contribution >= 0.6 is 0 Å². The second-order valence-electron chi connectivity index (χ2n) is 4.60. The molecule has 122 valence electrons. The van der Waals surface area contributed by atoms with Gasteiger partial charge in [-0.1, -0.05) is 18.5 Å². The quantitative estimate of drug-likeness (QED) is 0.519. The Balaban J connectivity index is 1.74. The minimum absolute atomic E-state index is 0.565. The van der Waals surface area contributed by atoms with E-state index in [1.807, 2.05) is 0 Å². The first-order valence-electron chi connectivity index (χ1n) is 7.56. The summed E-state index contributed by atoms with van der Waals surface area (Å²) in [6.45, 7) is 9.17. The SMILES string of the molecule is CCCCOCCOCCOCCNCc1nc(C)no1. The molecular formula is C14H27N3O4. The molecule has 0 aliphatic rings. The molecule has 0 aromatic carbocycles. The number of hydrogen-bond donors (Lipinski definition) is 1. The second-order valence-corrected chi connectivity index (χ2v) is 4.60. The molecule has 0 fully saturated rings. The van der Waals surface area contributed by atoms with Gasteiger partial charge in [-0.3, -0.25) is 0 Å². The Bertz CT molecular complexity index is 347. The number of ether oxygens (including phenoxy) is 3. The highest BCUT2D eigenvalue weighted by molar-refractivity contribution is 4.81. The summed E-state index contributed by atoms with van der Waals surface area (Å²) in [4.78, 5) is 4.09. The topological polar surface area (TPSA) is 78.6 Å². The molecule has 1 aromatic heterocycles. The zero-order valence-electron chi connectivity index (χ0n) is 13.1. The van der Waals surface area contributed by atoms with Crippen LogP contribution in [0.3, 0.4) is 0 Å². The van der Waals surface area contributed by atoms with E-state index in [-0.39, 0.29) is 0 Å². The summed E-state index contributed by atoms with van der Waals surface area (Å²) in [6, 6.07) is 0. The molecule has 1 N–H and O–H groups in total. The summed E-state index contributed by atoms with van der Waals surface area (Å²) >= 11 is 0.